The van der Waals surface area contributed by atoms with Gasteiger partial charge in [-0.15, -0.1) is 0 Å². The molecule has 4 heteroatoms. The summed E-state index contributed by atoms with van der Waals surface area (Å²) in [7, 11) is 1.64. The smallest absolute Gasteiger partial charge is 0.236 e. The third-order valence-electron chi connectivity index (χ3n) is 2.98. The second-order valence-corrected chi connectivity index (χ2v) is 4.20. The Hall–Kier alpha value is -1.94. The van der Waals surface area contributed by atoms with Crippen molar-refractivity contribution in [3.8, 4) is 0 Å². The summed E-state index contributed by atoms with van der Waals surface area (Å²) in [5.74, 6) is -0.00615. The predicted octanol–water partition coefficient (Wildman–Crippen LogP) is 1.46. The third kappa shape index (κ3) is 2.65. The fourth-order valence-electron chi connectivity index (χ4n) is 1.88. The van der Waals surface area contributed by atoms with Crippen LogP contribution < -0.4 is 10.6 Å². The van der Waals surface area contributed by atoms with Gasteiger partial charge in [0.1, 0.15) is 0 Å². The van der Waals surface area contributed by atoms with Crippen LogP contribution in [0.2, 0.25) is 0 Å². The molecule has 1 atom stereocenters. The molecule has 0 aliphatic heterocycles. The van der Waals surface area contributed by atoms with Gasteiger partial charge in [-0.25, -0.2) is 0 Å². The van der Waals surface area contributed by atoms with Crippen LogP contribution in [-0.2, 0) is 11.3 Å². The fraction of sp³-hybridized carbons (Fsp3) is 0.286. The van der Waals surface area contributed by atoms with Crippen LogP contribution in [0.4, 0.5) is 0 Å². The number of nitrogens with one attached hydrogen (secondary N) is 2. The van der Waals surface area contributed by atoms with Crippen molar-refractivity contribution >= 4 is 16.8 Å². The van der Waals surface area contributed by atoms with Gasteiger partial charge >= 0.3 is 0 Å². The normalized spacial score (nSPS) is 12.3. The highest BCUT2D eigenvalue weighted by molar-refractivity contribution is 5.82. The van der Waals surface area contributed by atoms with E-state index in [0.717, 1.165) is 16.5 Å². The van der Waals surface area contributed by atoms with Crippen LogP contribution in [0.1, 0.15) is 12.5 Å². The molecule has 0 saturated heterocycles. The standard InChI is InChI=1S/C14H17N3O/c1-10(14(18)15-2)17-9-11-7-8-16-13-6-4-3-5-12(11)13/h3-8,10,17H,9H2,1-2H3,(H,15,18). The maximum atomic E-state index is 11.4. The summed E-state index contributed by atoms with van der Waals surface area (Å²) in [5, 5.41) is 6.95. The van der Waals surface area contributed by atoms with Crippen molar-refractivity contribution in [1.29, 1.82) is 0 Å². The third-order valence-corrected chi connectivity index (χ3v) is 2.98. The number of aromatic nitrogens is 1. The molecule has 0 fully saturated rings. The molecule has 2 rings (SSSR count). The maximum Gasteiger partial charge on any atom is 0.236 e. The summed E-state index contributed by atoms with van der Waals surface area (Å²) in [4.78, 5) is 15.7. The van der Waals surface area contributed by atoms with Crippen molar-refractivity contribution < 1.29 is 4.79 Å². The Kier molecular flexibility index (Phi) is 3.89. The SMILES string of the molecule is CNC(=O)C(C)NCc1ccnc2ccccc12. The Bertz CT molecular complexity index is 548. The molecule has 0 aliphatic rings. The van der Waals surface area contributed by atoms with E-state index in [2.05, 4.69) is 15.6 Å². The van der Waals surface area contributed by atoms with E-state index in [9.17, 15) is 4.79 Å². The molecule has 0 aliphatic carbocycles. The van der Waals surface area contributed by atoms with E-state index in [1.807, 2.05) is 37.3 Å². The average molecular weight is 243 g/mol. The van der Waals surface area contributed by atoms with E-state index in [0.29, 0.717) is 6.54 Å². The molecule has 0 radical (unpaired) electrons. The fourth-order valence-corrected chi connectivity index (χ4v) is 1.88. The number of para-hydroxylation sites is 1. The van der Waals surface area contributed by atoms with Crippen LogP contribution in [0, 0.1) is 0 Å². The molecule has 2 N–H and O–H groups in total. The lowest BCUT2D eigenvalue weighted by molar-refractivity contribution is -0.122. The molecule has 1 aromatic heterocycles. The molecule has 1 aromatic carbocycles. The summed E-state index contributed by atoms with van der Waals surface area (Å²) in [6.45, 7) is 2.50. The summed E-state index contributed by atoms with van der Waals surface area (Å²) in [6, 6.07) is 9.77. The first-order chi connectivity index (χ1) is 8.72. The van der Waals surface area contributed by atoms with Crippen LogP contribution in [0.5, 0.6) is 0 Å². The summed E-state index contributed by atoms with van der Waals surface area (Å²) >= 11 is 0. The first kappa shape index (κ1) is 12.5. The van der Waals surface area contributed by atoms with Crippen LogP contribution >= 0.6 is 0 Å². The second kappa shape index (κ2) is 5.60. The highest BCUT2D eigenvalue weighted by Gasteiger charge is 2.10. The minimum absolute atomic E-state index is 0.00615. The molecule has 2 aromatic rings. The Balaban J connectivity index is 2.15. The molecule has 94 valence electrons. The molecule has 0 bridgehead atoms. The number of hydrogen-bond donors (Lipinski definition) is 2. The van der Waals surface area contributed by atoms with Crippen molar-refractivity contribution in [2.75, 3.05) is 7.05 Å². The van der Waals surface area contributed by atoms with Gasteiger partial charge in [0, 0.05) is 25.2 Å². The zero-order valence-corrected chi connectivity index (χ0v) is 10.6. The number of fused-ring (bicyclic) bond motifs is 1. The van der Waals surface area contributed by atoms with Crippen molar-refractivity contribution in [3.05, 3.63) is 42.1 Å². The highest BCUT2D eigenvalue weighted by atomic mass is 16.2. The Morgan fingerprint density at radius 2 is 2.11 bits per heavy atom. The molecule has 18 heavy (non-hydrogen) atoms. The van der Waals surface area contributed by atoms with Gasteiger partial charge in [0.25, 0.3) is 0 Å². The minimum Gasteiger partial charge on any atom is -0.358 e. The zero-order valence-electron chi connectivity index (χ0n) is 10.6. The summed E-state index contributed by atoms with van der Waals surface area (Å²) in [6.07, 6.45) is 1.80. The average Bonchev–Trinajstić information content (AvgIpc) is 2.43. The maximum absolute atomic E-state index is 11.4. The van der Waals surface area contributed by atoms with Crippen LogP contribution in [-0.4, -0.2) is 24.0 Å². The molecule has 4 nitrogen and oxygen atoms in total. The topological polar surface area (TPSA) is 54.0 Å². The highest BCUT2D eigenvalue weighted by Crippen LogP contribution is 2.15. The number of hydrogen-bond acceptors (Lipinski definition) is 3. The van der Waals surface area contributed by atoms with Gasteiger partial charge in [-0.05, 0) is 24.6 Å². The number of likely N-dealkylation sites (N-methyl/N-ethyl adjacent to an activating group) is 1. The number of benzene rings is 1. The Morgan fingerprint density at radius 3 is 2.89 bits per heavy atom. The number of pyridine rings is 1. The lowest BCUT2D eigenvalue weighted by atomic mass is 10.1. The molecule has 0 spiro atoms. The van der Waals surface area contributed by atoms with E-state index < -0.39 is 0 Å². The van der Waals surface area contributed by atoms with Gasteiger partial charge in [0.2, 0.25) is 5.91 Å². The predicted molar refractivity (Wildman–Crippen MR) is 72.1 cm³/mol. The molecule has 1 heterocycles. The largest absolute Gasteiger partial charge is 0.358 e. The molecule has 1 amide bonds. The number of carbonyl (C=O) groups is 1. The van der Waals surface area contributed by atoms with Gasteiger partial charge in [-0.1, -0.05) is 18.2 Å². The number of nitrogens with zero attached hydrogens (tertiary/aromatic N) is 1. The van der Waals surface area contributed by atoms with E-state index in [1.165, 1.54) is 0 Å². The van der Waals surface area contributed by atoms with E-state index >= 15 is 0 Å². The van der Waals surface area contributed by atoms with Crippen LogP contribution in [0.3, 0.4) is 0 Å². The summed E-state index contributed by atoms with van der Waals surface area (Å²) in [5.41, 5.74) is 2.13. The quantitative estimate of drug-likeness (QED) is 0.854. The lowest BCUT2D eigenvalue weighted by Gasteiger charge is -2.13. The number of carbonyl (C=O) groups excluding carboxylic acids is 1. The second-order valence-electron chi connectivity index (χ2n) is 4.20. The first-order valence-electron chi connectivity index (χ1n) is 6.00. The van der Waals surface area contributed by atoms with Gasteiger partial charge in [-0.2, -0.15) is 0 Å². The molecular weight excluding hydrogens is 226 g/mol. The molecular formula is C14H17N3O. The number of rotatable bonds is 4. The van der Waals surface area contributed by atoms with Crippen molar-refractivity contribution in [3.63, 3.8) is 0 Å². The van der Waals surface area contributed by atoms with Crippen molar-refractivity contribution in [1.82, 2.24) is 15.6 Å². The van der Waals surface area contributed by atoms with Gasteiger partial charge in [0.05, 0.1) is 11.6 Å². The minimum atomic E-state index is -0.207. The monoisotopic (exact) mass is 243 g/mol. The van der Waals surface area contributed by atoms with E-state index in [4.69, 9.17) is 0 Å². The lowest BCUT2D eigenvalue weighted by Crippen LogP contribution is -2.40. The Morgan fingerprint density at radius 1 is 1.33 bits per heavy atom. The Labute approximate surface area is 106 Å². The van der Waals surface area contributed by atoms with Crippen LogP contribution in [0.25, 0.3) is 10.9 Å². The van der Waals surface area contributed by atoms with E-state index in [1.54, 1.807) is 13.2 Å². The van der Waals surface area contributed by atoms with Gasteiger partial charge < -0.3 is 10.6 Å². The molecule has 1 unspecified atom stereocenters. The first-order valence-corrected chi connectivity index (χ1v) is 6.00. The summed E-state index contributed by atoms with van der Waals surface area (Å²) < 4.78 is 0. The van der Waals surface area contributed by atoms with Crippen molar-refractivity contribution in [2.45, 2.75) is 19.5 Å². The zero-order chi connectivity index (χ0) is 13.0. The number of amides is 1. The van der Waals surface area contributed by atoms with Gasteiger partial charge in [-0.3, -0.25) is 9.78 Å². The van der Waals surface area contributed by atoms with E-state index in [-0.39, 0.29) is 11.9 Å². The van der Waals surface area contributed by atoms with Crippen molar-refractivity contribution in [2.24, 2.45) is 0 Å². The molecule has 0 saturated carbocycles. The van der Waals surface area contributed by atoms with Crippen LogP contribution in [0.15, 0.2) is 36.5 Å². The van der Waals surface area contributed by atoms with Gasteiger partial charge in [0.15, 0.2) is 0 Å².